The zero-order chi connectivity index (χ0) is 13.4. The average Bonchev–Trinajstić information content (AvgIpc) is 2.24. The number of hydrogen-bond acceptors (Lipinski definition) is 2. The SMILES string of the molecule is Cc1cc(C(C)(C)C)ccc1CC1(C#N)COC1. The van der Waals surface area contributed by atoms with Crippen molar-refractivity contribution in [2.24, 2.45) is 5.41 Å². The summed E-state index contributed by atoms with van der Waals surface area (Å²) in [5.74, 6) is 0. The molecule has 0 N–H and O–H groups in total. The zero-order valence-electron chi connectivity index (χ0n) is 11.7. The Bertz CT molecular complexity index is 487. The van der Waals surface area contributed by atoms with Crippen LogP contribution >= 0.6 is 0 Å². The van der Waals surface area contributed by atoms with E-state index in [1.54, 1.807) is 0 Å². The lowest BCUT2D eigenvalue weighted by Gasteiger charge is -2.35. The van der Waals surface area contributed by atoms with Gasteiger partial charge in [-0.15, -0.1) is 0 Å². The molecule has 1 aliphatic heterocycles. The summed E-state index contributed by atoms with van der Waals surface area (Å²) in [6.45, 7) is 9.94. The predicted molar refractivity (Wildman–Crippen MR) is 72.4 cm³/mol. The fraction of sp³-hybridized carbons (Fsp3) is 0.562. The van der Waals surface area contributed by atoms with E-state index < -0.39 is 0 Å². The maximum Gasteiger partial charge on any atom is 0.108 e. The molecule has 0 atom stereocenters. The Hall–Kier alpha value is -1.33. The van der Waals surface area contributed by atoms with Crippen LogP contribution in [0.1, 0.15) is 37.5 Å². The Morgan fingerprint density at radius 1 is 1.33 bits per heavy atom. The molecule has 0 bridgehead atoms. The molecule has 2 heteroatoms. The smallest absolute Gasteiger partial charge is 0.108 e. The molecule has 0 aliphatic carbocycles. The highest BCUT2D eigenvalue weighted by Gasteiger charge is 2.39. The van der Waals surface area contributed by atoms with Gasteiger partial charge in [0, 0.05) is 0 Å². The number of nitrogens with zero attached hydrogens (tertiary/aromatic N) is 1. The van der Waals surface area contributed by atoms with Gasteiger partial charge in [0.05, 0.1) is 19.3 Å². The molecule has 0 saturated carbocycles. The molecule has 0 amide bonds. The van der Waals surface area contributed by atoms with Crippen LogP contribution in [0.3, 0.4) is 0 Å². The lowest BCUT2D eigenvalue weighted by molar-refractivity contribution is -0.0765. The van der Waals surface area contributed by atoms with Crippen molar-refractivity contribution in [2.75, 3.05) is 13.2 Å². The van der Waals surface area contributed by atoms with E-state index in [-0.39, 0.29) is 10.8 Å². The number of ether oxygens (including phenoxy) is 1. The Morgan fingerprint density at radius 3 is 2.39 bits per heavy atom. The van der Waals surface area contributed by atoms with E-state index in [0.717, 1.165) is 6.42 Å². The summed E-state index contributed by atoms with van der Waals surface area (Å²) in [6, 6.07) is 9.02. The van der Waals surface area contributed by atoms with Crippen LogP contribution in [0.2, 0.25) is 0 Å². The Kier molecular flexibility index (Phi) is 3.21. The molecular weight excluding hydrogens is 222 g/mol. The first kappa shape index (κ1) is 13.1. The van der Waals surface area contributed by atoms with E-state index in [4.69, 9.17) is 4.74 Å². The maximum absolute atomic E-state index is 9.24. The fourth-order valence-corrected chi connectivity index (χ4v) is 2.28. The highest BCUT2D eigenvalue weighted by Crippen LogP contribution is 2.33. The topological polar surface area (TPSA) is 33.0 Å². The first-order valence-corrected chi connectivity index (χ1v) is 6.45. The molecule has 1 aliphatic rings. The van der Waals surface area contributed by atoms with E-state index in [9.17, 15) is 5.26 Å². The second kappa shape index (κ2) is 4.40. The van der Waals surface area contributed by atoms with Crippen molar-refractivity contribution >= 4 is 0 Å². The third-order valence-corrected chi connectivity index (χ3v) is 3.73. The molecule has 1 heterocycles. The Labute approximate surface area is 110 Å². The molecule has 0 spiro atoms. The van der Waals surface area contributed by atoms with Crippen LogP contribution in [0.5, 0.6) is 0 Å². The van der Waals surface area contributed by atoms with Gasteiger partial charge < -0.3 is 4.74 Å². The minimum atomic E-state index is -0.284. The third-order valence-electron chi connectivity index (χ3n) is 3.73. The molecule has 2 nitrogen and oxygen atoms in total. The van der Waals surface area contributed by atoms with Crippen LogP contribution in [0.25, 0.3) is 0 Å². The van der Waals surface area contributed by atoms with Gasteiger partial charge in [0.1, 0.15) is 5.41 Å². The molecule has 0 unspecified atom stereocenters. The summed E-state index contributed by atoms with van der Waals surface area (Å²) >= 11 is 0. The van der Waals surface area contributed by atoms with Crippen molar-refractivity contribution in [3.8, 4) is 6.07 Å². The standard InChI is InChI=1S/C16H21NO/c1-12-7-14(15(2,3)4)6-5-13(12)8-16(9-17)10-18-11-16/h5-7H,8,10-11H2,1-4H3. The van der Waals surface area contributed by atoms with Crippen LogP contribution in [0.4, 0.5) is 0 Å². The van der Waals surface area contributed by atoms with Gasteiger partial charge in [-0.3, -0.25) is 0 Å². The quantitative estimate of drug-likeness (QED) is 0.797. The van der Waals surface area contributed by atoms with Gasteiger partial charge in [0.15, 0.2) is 0 Å². The number of aryl methyl sites for hydroxylation is 1. The lowest BCUT2D eigenvalue weighted by atomic mass is 9.78. The monoisotopic (exact) mass is 243 g/mol. The van der Waals surface area contributed by atoms with Crippen LogP contribution < -0.4 is 0 Å². The molecule has 1 aromatic carbocycles. The first-order valence-electron chi connectivity index (χ1n) is 6.45. The molecule has 0 aromatic heterocycles. The summed E-state index contributed by atoms with van der Waals surface area (Å²) in [6.07, 6.45) is 0.805. The number of rotatable bonds is 2. The molecule has 0 radical (unpaired) electrons. The Morgan fingerprint density at radius 2 is 2.00 bits per heavy atom. The number of benzene rings is 1. The van der Waals surface area contributed by atoms with E-state index in [1.807, 2.05) is 0 Å². The molecule has 1 aromatic rings. The van der Waals surface area contributed by atoms with Gasteiger partial charge in [0.25, 0.3) is 0 Å². The van der Waals surface area contributed by atoms with Crippen LogP contribution in [-0.2, 0) is 16.6 Å². The van der Waals surface area contributed by atoms with Crippen molar-refractivity contribution in [2.45, 2.75) is 39.5 Å². The van der Waals surface area contributed by atoms with Gasteiger partial charge in [-0.2, -0.15) is 5.26 Å². The van der Waals surface area contributed by atoms with E-state index in [0.29, 0.717) is 13.2 Å². The van der Waals surface area contributed by atoms with Crippen LogP contribution in [-0.4, -0.2) is 13.2 Å². The molecular formula is C16H21NO. The third kappa shape index (κ3) is 2.42. The van der Waals surface area contributed by atoms with Crippen LogP contribution in [0, 0.1) is 23.7 Å². The summed E-state index contributed by atoms with van der Waals surface area (Å²) in [5, 5.41) is 9.24. The zero-order valence-corrected chi connectivity index (χ0v) is 11.7. The van der Waals surface area contributed by atoms with Crippen molar-refractivity contribution in [1.29, 1.82) is 5.26 Å². The number of nitriles is 1. The minimum Gasteiger partial charge on any atom is -0.378 e. The van der Waals surface area contributed by atoms with E-state index in [2.05, 4.69) is 52.0 Å². The van der Waals surface area contributed by atoms with Crippen LogP contribution in [0.15, 0.2) is 18.2 Å². The summed E-state index contributed by atoms with van der Waals surface area (Å²) in [4.78, 5) is 0. The largest absolute Gasteiger partial charge is 0.378 e. The van der Waals surface area contributed by atoms with Crippen molar-refractivity contribution in [1.82, 2.24) is 0 Å². The van der Waals surface area contributed by atoms with Crippen molar-refractivity contribution in [3.63, 3.8) is 0 Å². The average molecular weight is 243 g/mol. The van der Waals surface area contributed by atoms with Crippen molar-refractivity contribution < 1.29 is 4.74 Å². The molecule has 2 rings (SSSR count). The van der Waals surface area contributed by atoms with Gasteiger partial charge in [-0.25, -0.2) is 0 Å². The fourth-order valence-electron chi connectivity index (χ4n) is 2.28. The van der Waals surface area contributed by atoms with E-state index in [1.165, 1.54) is 16.7 Å². The molecule has 1 fully saturated rings. The van der Waals surface area contributed by atoms with Gasteiger partial charge in [-0.05, 0) is 35.4 Å². The molecule has 1 saturated heterocycles. The summed E-state index contributed by atoms with van der Waals surface area (Å²) in [7, 11) is 0. The summed E-state index contributed by atoms with van der Waals surface area (Å²) in [5.41, 5.74) is 3.79. The lowest BCUT2D eigenvalue weighted by Crippen LogP contribution is -2.43. The normalized spacial score (nSPS) is 17.9. The molecule has 18 heavy (non-hydrogen) atoms. The second-order valence-electron chi connectivity index (χ2n) is 6.45. The number of hydrogen-bond donors (Lipinski definition) is 0. The molecule has 96 valence electrons. The van der Waals surface area contributed by atoms with E-state index >= 15 is 0 Å². The minimum absolute atomic E-state index is 0.176. The van der Waals surface area contributed by atoms with Crippen molar-refractivity contribution in [3.05, 3.63) is 34.9 Å². The highest BCUT2D eigenvalue weighted by molar-refractivity contribution is 5.36. The summed E-state index contributed by atoms with van der Waals surface area (Å²) < 4.78 is 5.20. The Balaban J connectivity index is 2.24. The second-order valence-corrected chi connectivity index (χ2v) is 6.45. The van der Waals surface area contributed by atoms with Gasteiger partial charge >= 0.3 is 0 Å². The first-order chi connectivity index (χ1) is 8.36. The highest BCUT2D eigenvalue weighted by atomic mass is 16.5. The van der Waals surface area contributed by atoms with Gasteiger partial charge in [-0.1, -0.05) is 39.0 Å². The predicted octanol–water partition coefficient (Wildman–Crippen LogP) is 3.38. The van der Waals surface area contributed by atoms with Gasteiger partial charge in [0.2, 0.25) is 0 Å². The maximum atomic E-state index is 9.24.